The fraction of sp³-hybridized carbons (Fsp3) is 0.360. The van der Waals surface area contributed by atoms with E-state index in [-0.39, 0.29) is 5.41 Å². The second-order valence-electron chi connectivity index (χ2n) is 8.10. The molecule has 0 N–H and O–H groups in total. The van der Waals surface area contributed by atoms with E-state index in [1.807, 2.05) is 0 Å². The third-order valence-corrected chi connectivity index (χ3v) is 12.1. The topological polar surface area (TPSA) is 9.23 Å². The Bertz CT molecular complexity index is 858. The average Bonchev–Trinajstić information content (AvgIpc) is 2.75. The first-order valence-electron chi connectivity index (χ1n) is 10.4. The molecule has 3 rings (SSSR count). The summed E-state index contributed by atoms with van der Waals surface area (Å²) in [6.45, 7) is 9.13. The van der Waals surface area contributed by atoms with Crippen molar-refractivity contribution in [2.24, 2.45) is 0 Å². The van der Waals surface area contributed by atoms with Gasteiger partial charge in [0.05, 0.1) is 0 Å². The Morgan fingerprint density at radius 2 is 1.10 bits per heavy atom. The van der Waals surface area contributed by atoms with E-state index in [4.69, 9.17) is 4.43 Å². The first-order chi connectivity index (χ1) is 13.8. The van der Waals surface area contributed by atoms with Crippen LogP contribution in [0, 0.1) is 0 Å². The van der Waals surface area contributed by atoms with Gasteiger partial charge in [-0.2, -0.15) is 0 Å². The Kier molecular flexibility index (Phi) is 7.09. The first-order valence-corrected chi connectivity index (χ1v) is 14.5. The molecule has 2 aromatic carbocycles. The Morgan fingerprint density at radius 1 is 0.690 bits per heavy atom. The van der Waals surface area contributed by atoms with Crippen molar-refractivity contribution in [2.45, 2.75) is 56.8 Å². The van der Waals surface area contributed by atoms with Crippen LogP contribution in [0.3, 0.4) is 0 Å². The zero-order chi connectivity index (χ0) is 21.1. The summed E-state index contributed by atoms with van der Waals surface area (Å²) in [4.78, 5) is 0. The summed E-state index contributed by atoms with van der Waals surface area (Å²) >= 11 is 7.12. The number of hydrogen-bond donors (Lipinski definition) is 0. The van der Waals surface area contributed by atoms with E-state index in [1.54, 1.807) is 0 Å². The van der Waals surface area contributed by atoms with Crippen LogP contribution in [0.4, 0.5) is 0 Å². The number of hydrogen-bond acceptors (Lipinski definition) is 1. The molecule has 0 unspecified atom stereocenters. The fourth-order valence-electron chi connectivity index (χ4n) is 4.06. The maximum atomic E-state index is 7.13. The van der Waals surface area contributed by atoms with Crippen LogP contribution in [0.15, 0.2) is 81.8 Å². The van der Waals surface area contributed by atoms with Crippen molar-refractivity contribution in [3.05, 3.63) is 92.9 Å². The summed E-state index contributed by atoms with van der Waals surface area (Å²) < 4.78 is 9.32. The van der Waals surface area contributed by atoms with Crippen molar-refractivity contribution in [3.63, 3.8) is 0 Å². The molecule has 2 aromatic rings. The number of rotatable bonds is 7. The van der Waals surface area contributed by atoms with Crippen LogP contribution in [-0.2, 0) is 15.4 Å². The second kappa shape index (κ2) is 9.05. The van der Waals surface area contributed by atoms with Crippen molar-refractivity contribution in [2.75, 3.05) is 0 Å². The molecule has 1 nitrogen and oxygen atoms in total. The van der Waals surface area contributed by atoms with Gasteiger partial charge in [-0.15, -0.1) is 0 Å². The summed E-state index contributed by atoms with van der Waals surface area (Å²) in [5.74, 6) is 0. The minimum atomic E-state index is -1.83. The monoisotopic (exact) mass is 532 g/mol. The molecule has 29 heavy (non-hydrogen) atoms. The molecule has 0 fully saturated rings. The number of benzene rings is 2. The van der Waals surface area contributed by atoms with Crippen molar-refractivity contribution in [1.29, 1.82) is 0 Å². The summed E-state index contributed by atoms with van der Waals surface area (Å²) in [6.07, 6.45) is 9.22. The summed E-state index contributed by atoms with van der Waals surface area (Å²) in [6, 6.07) is 20.6. The number of allylic oxidation sites excluding steroid dienone is 2. The lowest BCUT2D eigenvalue weighted by Gasteiger charge is -2.42. The zero-order valence-electron chi connectivity index (χ0n) is 17.7. The Balaban J connectivity index is 2.05. The van der Waals surface area contributed by atoms with E-state index in [1.165, 1.54) is 11.1 Å². The van der Waals surface area contributed by atoms with Crippen molar-refractivity contribution < 1.29 is 4.43 Å². The SMILES string of the molecule is CC[Si](CC)(CC)OC1(c2ccc(Br)cc2)C=CC(C)(c2ccc(Br)cc2)C=C1. The van der Waals surface area contributed by atoms with Crippen molar-refractivity contribution in [1.82, 2.24) is 0 Å². The normalized spacial score (nSPS) is 24.1. The van der Waals surface area contributed by atoms with Gasteiger partial charge in [-0.1, -0.05) is 89.0 Å². The minimum absolute atomic E-state index is 0.141. The molecular weight excluding hydrogens is 504 g/mol. The van der Waals surface area contributed by atoms with Gasteiger partial charge in [0.1, 0.15) is 5.60 Å². The van der Waals surface area contributed by atoms with Crippen LogP contribution in [0.25, 0.3) is 0 Å². The maximum Gasteiger partial charge on any atom is 0.194 e. The maximum absolute atomic E-state index is 7.13. The molecule has 0 bridgehead atoms. The molecule has 0 aromatic heterocycles. The molecule has 0 saturated carbocycles. The molecule has 0 atom stereocenters. The third kappa shape index (κ3) is 4.71. The third-order valence-electron chi connectivity index (χ3n) is 6.43. The van der Waals surface area contributed by atoms with Crippen LogP contribution < -0.4 is 0 Å². The quantitative estimate of drug-likeness (QED) is 0.256. The van der Waals surface area contributed by atoms with Gasteiger partial charge in [-0.05, 0) is 72.6 Å². The molecule has 4 heteroatoms. The summed E-state index contributed by atoms with van der Waals surface area (Å²) in [5, 5.41) is 0. The summed E-state index contributed by atoms with van der Waals surface area (Å²) in [5.41, 5.74) is 1.84. The molecule has 0 radical (unpaired) electrons. The predicted molar refractivity (Wildman–Crippen MR) is 134 cm³/mol. The molecular formula is C25H30Br2OSi. The van der Waals surface area contributed by atoms with E-state index >= 15 is 0 Å². The molecule has 0 amide bonds. The zero-order valence-corrected chi connectivity index (χ0v) is 21.9. The molecule has 1 aliphatic rings. The molecule has 0 spiro atoms. The van der Waals surface area contributed by atoms with E-state index in [0.29, 0.717) is 0 Å². The molecule has 154 valence electrons. The van der Waals surface area contributed by atoms with Crippen LogP contribution >= 0.6 is 31.9 Å². The largest absolute Gasteiger partial charge is 0.401 e. The Labute approximate surface area is 193 Å². The van der Waals surface area contributed by atoms with Crippen LogP contribution in [0.2, 0.25) is 18.1 Å². The van der Waals surface area contributed by atoms with Gasteiger partial charge in [-0.25, -0.2) is 0 Å². The number of halogens is 2. The highest BCUT2D eigenvalue weighted by molar-refractivity contribution is 9.10. The lowest BCUT2D eigenvalue weighted by molar-refractivity contribution is 0.153. The fourth-order valence-corrected chi connectivity index (χ4v) is 7.49. The molecule has 0 heterocycles. The Morgan fingerprint density at radius 3 is 1.52 bits per heavy atom. The van der Waals surface area contributed by atoms with Gasteiger partial charge in [0.25, 0.3) is 0 Å². The lowest BCUT2D eigenvalue weighted by atomic mass is 9.75. The smallest absolute Gasteiger partial charge is 0.194 e. The highest BCUT2D eigenvalue weighted by Gasteiger charge is 2.41. The second-order valence-corrected chi connectivity index (χ2v) is 14.6. The standard InChI is InChI=1S/C25H30Br2OSi/c1-5-29(6-2,7-3)28-25(21-10-14-23(27)15-11-21)18-16-24(4,17-19-25)20-8-12-22(26)13-9-20/h8-19H,5-7H2,1-4H3. The van der Waals surface area contributed by atoms with Gasteiger partial charge in [-0.3, -0.25) is 0 Å². The van der Waals surface area contributed by atoms with Crippen LogP contribution in [0.1, 0.15) is 38.8 Å². The van der Waals surface area contributed by atoms with E-state index in [0.717, 1.165) is 27.1 Å². The van der Waals surface area contributed by atoms with Gasteiger partial charge in [0.2, 0.25) is 0 Å². The van der Waals surface area contributed by atoms with E-state index in [2.05, 4.69) is 132 Å². The van der Waals surface area contributed by atoms with Crippen LogP contribution in [-0.4, -0.2) is 8.32 Å². The Hall–Kier alpha value is -0.943. The van der Waals surface area contributed by atoms with Crippen LogP contribution in [0.5, 0.6) is 0 Å². The molecule has 1 aliphatic carbocycles. The predicted octanol–water partition coefficient (Wildman–Crippen LogP) is 8.51. The van der Waals surface area contributed by atoms with Crippen molar-refractivity contribution in [3.8, 4) is 0 Å². The van der Waals surface area contributed by atoms with Crippen molar-refractivity contribution >= 4 is 40.2 Å². The highest BCUT2D eigenvalue weighted by atomic mass is 79.9. The lowest BCUT2D eigenvalue weighted by Crippen LogP contribution is -2.45. The van der Waals surface area contributed by atoms with Gasteiger partial charge < -0.3 is 4.43 Å². The minimum Gasteiger partial charge on any atom is -0.401 e. The first kappa shape index (κ1) is 22.7. The molecule has 0 saturated heterocycles. The summed E-state index contributed by atoms with van der Waals surface area (Å²) in [7, 11) is -1.83. The van der Waals surface area contributed by atoms with E-state index < -0.39 is 13.9 Å². The average molecular weight is 534 g/mol. The van der Waals surface area contributed by atoms with Gasteiger partial charge in [0.15, 0.2) is 8.32 Å². The van der Waals surface area contributed by atoms with Gasteiger partial charge in [0, 0.05) is 14.4 Å². The van der Waals surface area contributed by atoms with E-state index in [9.17, 15) is 0 Å². The van der Waals surface area contributed by atoms with Gasteiger partial charge >= 0.3 is 0 Å². The molecule has 0 aliphatic heterocycles. The highest BCUT2D eigenvalue weighted by Crippen LogP contribution is 2.43.